The van der Waals surface area contributed by atoms with Gasteiger partial charge in [-0.2, -0.15) is 13.2 Å². The summed E-state index contributed by atoms with van der Waals surface area (Å²) < 4.78 is 39.4. The van der Waals surface area contributed by atoms with Gasteiger partial charge < -0.3 is 10.2 Å². The lowest BCUT2D eigenvalue weighted by atomic mass is 10.0. The minimum atomic E-state index is -4.41. The predicted octanol–water partition coefficient (Wildman–Crippen LogP) is 7.16. The normalized spacial score (nSPS) is 13.6. The summed E-state index contributed by atoms with van der Waals surface area (Å²) in [4.78, 5) is 15.2. The zero-order chi connectivity index (χ0) is 24.3. The zero-order valence-electron chi connectivity index (χ0n) is 18.8. The molecule has 0 aromatic heterocycles. The number of rotatable bonds is 8. The Kier molecular flexibility index (Phi) is 7.17. The van der Waals surface area contributed by atoms with Crippen LogP contribution in [0.4, 0.5) is 18.9 Å². The molecule has 34 heavy (non-hydrogen) atoms. The van der Waals surface area contributed by atoms with Gasteiger partial charge in [0.2, 0.25) is 0 Å². The lowest BCUT2D eigenvalue weighted by Crippen LogP contribution is -2.33. The molecule has 0 bridgehead atoms. The Morgan fingerprint density at radius 3 is 2.41 bits per heavy atom. The van der Waals surface area contributed by atoms with Crippen LogP contribution in [-0.4, -0.2) is 24.4 Å². The summed E-state index contributed by atoms with van der Waals surface area (Å²) in [6.07, 6.45) is -1.69. The number of carbonyl (C=O) groups is 1. The number of hydrogen-bond donors (Lipinski definition) is 1. The molecule has 0 unspecified atom stereocenters. The Hall–Kier alpha value is -2.99. The average molecular weight is 487 g/mol. The fourth-order valence-corrected chi connectivity index (χ4v) is 4.21. The second kappa shape index (κ2) is 10.1. The summed E-state index contributed by atoms with van der Waals surface area (Å²) in [7, 11) is 1.73. The van der Waals surface area contributed by atoms with Crippen LogP contribution in [0.5, 0.6) is 0 Å². The molecule has 0 radical (unpaired) electrons. The van der Waals surface area contributed by atoms with Crippen LogP contribution in [0.3, 0.4) is 0 Å². The van der Waals surface area contributed by atoms with Gasteiger partial charge in [-0.15, -0.1) is 0 Å². The molecule has 4 rings (SSSR count). The van der Waals surface area contributed by atoms with Gasteiger partial charge in [0, 0.05) is 30.8 Å². The highest BCUT2D eigenvalue weighted by Gasteiger charge is 2.30. The lowest BCUT2D eigenvalue weighted by molar-refractivity contribution is -0.137. The molecule has 1 saturated carbocycles. The maximum Gasteiger partial charge on any atom is 0.416 e. The first-order valence-electron chi connectivity index (χ1n) is 11.3. The minimum absolute atomic E-state index is 0.231. The molecular formula is C27H26ClF3N2O. The second-order valence-electron chi connectivity index (χ2n) is 8.63. The van der Waals surface area contributed by atoms with Gasteiger partial charge in [0.1, 0.15) is 0 Å². The van der Waals surface area contributed by atoms with Crippen LogP contribution < -0.4 is 5.32 Å². The fraction of sp³-hybridized carbons (Fsp3) is 0.296. The van der Waals surface area contributed by atoms with Crippen molar-refractivity contribution >= 4 is 23.2 Å². The van der Waals surface area contributed by atoms with Gasteiger partial charge in [-0.25, -0.2) is 0 Å². The molecule has 0 spiro atoms. The molecule has 178 valence electrons. The predicted molar refractivity (Wildman–Crippen MR) is 129 cm³/mol. The number of nitrogens with zero attached hydrogens (tertiary/aromatic N) is 1. The van der Waals surface area contributed by atoms with Gasteiger partial charge in [0.25, 0.3) is 5.91 Å². The Morgan fingerprint density at radius 1 is 1.03 bits per heavy atom. The number of alkyl halides is 3. The largest absolute Gasteiger partial charge is 0.416 e. The molecule has 1 aliphatic rings. The van der Waals surface area contributed by atoms with Crippen LogP contribution in [0.1, 0.15) is 51.4 Å². The molecule has 0 atom stereocenters. The maximum absolute atomic E-state index is 13.6. The third-order valence-electron chi connectivity index (χ3n) is 6.10. The Balaban J connectivity index is 1.58. The van der Waals surface area contributed by atoms with Crippen LogP contribution in [0.25, 0.3) is 0 Å². The first-order chi connectivity index (χ1) is 16.2. The first-order valence-corrected chi connectivity index (χ1v) is 11.6. The van der Waals surface area contributed by atoms with E-state index in [0.717, 1.165) is 17.7 Å². The van der Waals surface area contributed by atoms with Crippen molar-refractivity contribution in [3.8, 4) is 0 Å². The maximum atomic E-state index is 13.6. The Morgan fingerprint density at radius 2 is 1.76 bits per heavy atom. The van der Waals surface area contributed by atoms with Crippen LogP contribution >= 0.6 is 11.6 Å². The van der Waals surface area contributed by atoms with Crippen LogP contribution in [0.2, 0.25) is 5.02 Å². The minimum Gasteiger partial charge on any atom is -0.387 e. The van der Waals surface area contributed by atoms with E-state index in [4.69, 9.17) is 11.6 Å². The Labute approximate surface area is 202 Å². The SMILES string of the molecule is CNc1ccc(Cl)cc1C(=O)N(CCc1cccc(C(F)(F)F)c1)Cc1ccc(C2CC2)cc1. The number of anilines is 1. The van der Waals surface area contributed by atoms with E-state index in [2.05, 4.69) is 17.4 Å². The summed E-state index contributed by atoms with van der Waals surface area (Å²) in [5.74, 6) is 0.405. The van der Waals surface area contributed by atoms with Gasteiger partial charge >= 0.3 is 6.18 Å². The highest BCUT2D eigenvalue weighted by atomic mass is 35.5. The van der Waals surface area contributed by atoms with E-state index < -0.39 is 11.7 Å². The second-order valence-corrected chi connectivity index (χ2v) is 9.07. The van der Waals surface area contributed by atoms with Gasteiger partial charge in [-0.1, -0.05) is 54.1 Å². The van der Waals surface area contributed by atoms with Gasteiger partial charge in [-0.3, -0.25) is 4.79 Å². The highest BCUT2D eigenvalue weighted by molar-refractivity contribution is 6.31. The standard InChI is InChI=1S/C27H26ClF3N2O/c1-32-25-12-11-23(28)16-24(25)26(34)33(17-19-5-7-20(8-6-19)21-9-10-21)14-13-18-3-2-4-22(15-18)27(29,30)31/h2-8,11-12,15-16,21,32H,9-10,13-14,17H2,1H3. The quantitative estimate of drug-likeness (QED) is 0.366. The third kappa shape index (κ3) is 5.92. The van der Waals surface area contributed by atoms with Crippen molar-refractivity contribution in [2.75, 3.05) is 18.9 Å². The van der Waals surface area contributed by atoms with Gasteiger partial charge in [0.05, 0.1) is 11.1 Å². The summed E-state index contributed by atoms with van der Waals surface area (Å²) in [5, 5.41) is 3.45. The Bertz CT molecular complexity index is 1160. The molecule has 3 aromatic carbocycles. The molecule has 7 heteroatoms. The van der Waals surface area contributed by atoms with E-state index in [0.29, 0.717) is 40.7 Å². The summed E-state index contributed by atoms with van der Waals surface area (Å²) in [6.45, 7) is 0.610. The number of halogens is 4. The van der Waals surface area contributed by atoms with Crippen molar-refractivity contribution in [1.82, 2.24) is 4.90 Å². The molecule has 1 aliphatic carbocycles. The number of benzene rings is 3. The summed E-state index contributed by atoms with van der Waals surface area (Å²) >= 11 is 6.16. The van der Waals surface area contributed by atoms with E-state index in [-0.39, 0.29) is 12.5 Å². The molecule has 0 saturated heterocycles. The molecule has 0 aliphatic heterocycles. The van der Waals surface area contributed by atoms with Gasteiger partial charge in [-0.05, 0) is 66.1 Å². The molecule has 1 fully saturated rings. The van der Waals surface area contributed by atoms with Crippen molar-refractivity contribution in [2.45, 2.75) is 37.9 Å². The van der Waals surface area contributed by atoms with Crippen LogP contribution in [0.15, 0.2) is 66.7 Å². The van der Waals surface area contributed by atoms with Crippen molar-refractivity contribution in [1.29, 1.82) is 0 Å². The van der Waals surface area contributed by atoms with E-state index >= 15 is 0 Å². The first kappa shape index (κ1) is 24.1. The molecule has 1 N–H and O–H groups in total. The van der Waals surface area contributed by atoms with Gasteiger partial charge in [0.15, 0.2) is 0 Å². The van der Waals surface area contributed by atoms with E-state index in [1.807, 2.05) is 12.1 Å². The molecule has 3 aromatic rings. The molecule has 1 amide bonds. The van der Waals surface area contributed by atoms with Crippen molar-refractivity contribution < 1.29 is 18.0 Å². The number of hydrogen-bond acceptors (Lipinski definition) is 2. The van der Waals surface area contributed by atoms with Crippen LogP contribution in [-0.2, 0) is 19.1 Å². The monoisotopic (exact) mass is 486 g/mol. The average Bonchev–Trinajstić information content (AvgIpc) is 3.67. The van der Waals surface area contributed by atoms with E-state index in [1.165, 1.54) is 24.5 Å². The number of carbonyl (C=O) groups excluding carboxylic acids is 1. The number of nitrogens with one attached hydrogen (secondary N) is 1. The lowest BCUT2D eigenvalue weighted by Gasteiger charge is -2.25. The number of amides is 1. The van der Waals surface area contributed by atoms with E-state index in [9.17, 15) is 18.0 Å². The summed E-state index contributed by atoms with van der Waals surface area (Å²) in [5.41, 5.74) is 3.17. The van der Waals surface area contributed by atoms with Crippen LogP contribution in [0, 0.1) is 0 Å². The topological polar surface area (TPSA) is 32.3 Å². The third-order valence-corrected chi connectivity index (χ3v) is 6.33. The molecule has 0 heterocycles. The zero-order valence-corrected chi connectivity index (χ0v) is 19.6. The molecular weight excluding hydrogens is 461 g/mol. The smallest absolute Gasteiger partial charge is 0.387 e. The van der Waals surface area contributed by atoms with Crippen molar-refractivity contribution in [3.05, 3.63) is 99.6 Å². The fourth-order valence-electron chi connectivity index (χ4n) is 4.03. The highest BCUT2D eigenvalue weighted by Crippen LogP contribution is 2.40. The molecule has 3 nitrogen and oxygen atoms in total. The van der Waals surface area contributed by atoms with Crippen molar-refractivity contribution in [2.24, 2.45) is 0 Å². The van der Waals surface area contributed by atoms with E-state index in [1.54, 1.807) is 36.2 Å². The summed E-state index contributed by atoms with van der Waals surface area (Å²) in [6, 6.07) is 18.6. The van der Waals surface area contributed by atoms with Crippen molar-refractivity contribution in [3.63, 3.8) is 0 Å².